The number of thioether (sulfide) groups is 1. The first-order valence-electron chi connectivity index (χ1n) is 7.50. The molecule has 0 bridgehead atoms. The van der Waals surface area contributed by atoms with E-state index in [9.17, 15) is 4.39 Å². The van der Waals surface area contributed by atoms with Gasteiger partial charge in [-0.15, -0.1) is 11.8 Å². The van der Waals surface area contributed by atoms with E-state index in [0.717, 1.165) is 16.4 Å². The summed E-state index contributed by atoms with van der Waals surface area (Å²) in [6.45, 7) is 2.08. The topological polar surface area (TPSA) is 22.1 Å². The number of benzene rings is 1. The summed E-state index contributed by atoms with van der Waals surface area (Å²) in [6.07, 6.45) is 2.98. The van der Waals surface area contributed by atoms with Crippen LogP contribution in [0.15, 0.2) is 47.5 Å². The van der Waals surface area contributed by atoms with E-state index in [1.54, 1.807) is 25.1 Å². The summed E-state index contributed by atoms with van der Waals surface area (Å²) in [5.74, 6) is 2.20. The molecule has 116 valence electrons. The molecule has 0 radical (unpaired) electrons. The largest absolute Gasteiger partial charge is 0.497 e. The van der Waals surface area contributed by atoms with Crippen molar-refractivity contribution in [2.45, 2.75) is 36.1 Å². The van der Waals surface area contributed by atoms with Gasteiger partial charge in [0.2, 0.25) is 0 Å². The quantitative estimate of drug-likeness (QED) is 0.726. The molecule has 0 amide bonds. The average Bonchev–Trinajstić information content (AvgIpc) is 2.52. The van der Waals surface area contributed by atoms with Crippen LogP contribution >= 0.6 is 11.8 Å². The maximum atomic E-state index is 14.5. The van der Waals surface area contributed by atoms with Gasteiger partial charge in [-0.05, 0) is 48.6 Å². The molecule has 0 unspecified atom stereocenters. The van der Waals surface area contributed by atoms with Gasteiger partial charge in [0, 0.05) is 16.8 Å². The number of aromatic nitrogens is 1. The van der Waals surface area contributed by atoms with Crippen molar-refractivity contribution in [3.8, 4) is 5.75 Å². The van der Waals surface area contributed by atoms with Crippen LogP contribution in [-0.4, -0.2) is 12.1 Å². The van der Waals surface area contributed by atoms with Crippen molar-refractivity contribution in [1.29, 1.82) is 0 Å². The van der Waals surface area contributed by atoms with Crippen LogP contribution in [0.25, 0.3) is 0 Å². The van der Waals surface area contributed by atoms with Crippen LogP contribution in [0.4, 0.5) is 4.39 Å². The van der Waals surface area contributed by atoms with Gasteiger partial charge >= 0.3 is 0 Å². The summed E-state index contributed by atoms with van der Waals surface area (Å²) >= 11 is 1.71. The lowest BCUT2D eigenvalue weighted by molar-refractivity contribution is 0.00720. The highest BCUT2D eigenvalue weighted by Crippen LogP contribution is 2.48. The number of halogens is 1. The molecular weight excluding hydrogens is 297 g/mol. The van der Waals surface area contributed by atoms with Gasteiger partial charge in [0.25, 0.3) is 0 Å². The Hall–Kier alpha value is -1.55. The highest BCUT2D eigenvalue weighted by atomic mass is 32.2. The molecule has 1 aliphatic carbocycles. The van der Waals surface area contributed by atoms with Crippen molar-refractivity contribution >= 4 is 11.8 Å². The van der Waals surface area contributed by atoms with Crippen molar-refractivity contribution in [3.05, 3.63) is 53.9 Å². The maximum Gasteiger partial charge on any atom is 0.153 e. The summed E-state index contributed by atoms with van der Waals surface area (Å²) in [6, 6.07) is 11.8. The second-order valence-corrected chi connectivity index (χ2v) is 7.04. The first-order valence-corrected chi connectivity index (χ1v) is 8.49. The zero-order chi connectivity index (χ0) is 15.6. The third-order valence-electron chi connectivity index (χ3n) is 4.10. The minimum atomic E-state index is -1.20. The molecule has 1 heterocycles. The molecule has 0 atom stereocenters. The van der Waals surface area contributed by atoms with Crippen molar-refractivity contribution in [2.24, 2.45) is 5.92 Å². The Balaban J connectivity index is 1.59. The fourth-order valence-electron chi connectivity index (χ4n) is 2.87. The Bertz CT molecular complexity index is 621. The number of rotatable bonds is 5. The van der Waals surface area contributed by atoms with Gasteiger partial charge in [-0.3, -0.25) is 4.98 Å². The van der Waals surface area contributed by atoms with Crippen molar-refractivity contribution in [3.63, 3.8) is 0 Å². The van der Waals surface area contributed by atoms with Gasteiger partial charge in [0.1, 0.15) is 5.75 Å². The zero-order valence-corrected chi connectivity index (χ0v) is 13.7. The molecule has 1 aromatic heterocycles. The molecule has 0 N–H and O–H groups in total. The molecule has 1 saturated carbocycles. The van der Waals surface area contributed by atoms with Crippen LogP contribution in [0.3, 0.4) is 0 Å². The van der Waals surface area contributed by atoms with E-state index in [-0.39, 0.29) is 0 Å². The molecule has 22 heavy (non-hydrogen) atoms. The minimum absolute atomic E-state index is 0.468. The van der Waals surface area contributed by atoms with Gasteiger partial charge < -0.3 is 4.74 Å². The SMILES string of the molecule is COc1ccc(CSc2ccc([C@]3(F)C[C@H](C)C3)nc2)cc1. The van der Waals surface area contributed by atoms with Crippen LogP contribution in [0.5, 0.6) is 5.75 Å². The third kappa shape index (κ3) is 3.27. The van der Waals surface area contributed by atoms with E-state index in [2.05, 4.69) is 24.0 Å². The Morgan fingerprint density at radius 3 is 2.50 bits per heavy atom. The molecule has 4 heteroatoms. The Morgan fingerprint density at radius 1 is 1.23 bits per heavy atom. The van der Waals surface area contributed by atoms with Gasteiger partial charge in [-0.25, -0.2) is 4.39 Å². The molecule has 3 rings (SSSR count). The summed E-state index contributed by atoms with van der Waals surface area (Å²) in [5.41, 5.74) is 0.613. The lowest BCUT2D eigenvalue weighted by Gasteiger charge is -2.39. The number of ether oxygens (including phenoxy) is 1. The lowest BCUT2D eigenvalue weighted by atomic mass is 9.71. The summed E-state index contributed by atoms with van der Waals surface area (Å²) in [5, 5.41) is 0. The molecule has 1 aromatic carbocycles. The minimum Gasteiger partial charge on any atom is -0.497 e. The number of hydrogen-bond acceptors (Lipinski definition) is 3. The molecular formula is C18H20FNOS. The van der Waals surface area contributed by atoms with E-state index in [1.165, 1.54) is 5.56 Å². The van der Waals surface area contributed by atoms with E-state index in [0.29, 0.717) is 24.5 Å². The van der Waals surface area contributed by atoms with Crippen LogP contribution in [0.2, 0.25) is 0 Å². The number of pyridine rings is 1. The number of hydrogen-bond donors (Lipinski definition) is 0. The van der Waals surface area contributed by atoms with Gasteiger partial charge in [0.05, 0.1) is 12.8 Å². The Labute approximate surface area is 135 Å². The fraction of sp³-hybridized carbons (Fsp3) is 0.389. The second-order valence-electron chi connectivity index (χ2n) is 5.99. The number of nitrogens with zero attached hydrogens (tertiary/aromatic N) is 1. The maximum absolute atomic E-state index is 14.5. The molecule has 2 nitrogen and oxygen atoms in total. The fourth-order valence-corrected chi connectivity index (χ4v) is 3.69. The third-order valence-corrected chi connectivity index (χ3v) is 5.16. The number of alkyl halides is 1. The van der Waals surface area contributed by atoms with Crippen molar-refractivity contribution in [1.82, 2.24) is 4.98 Å². The van der Waals surface area contributed by atoms with E-state index < -0.39 is 5.67 Å². The standard InChI is InChI=1S/C18H20FNOS/c1-13-9-18(19,10-13)17-8-7-16(11-20-17)22-12-14-3-5-15(21-2)6-4-14/h3-8,11,13H,9-10,12H2,1-2H3/t13-,18-. The van der Waals surface area contributed by atoms with Gasteiger partial charge in [-0.1, -0.05) is 19.1 Å². The van der Waals surface area contributed by atoms with Crippen LogP contribution in [-0.2, 0) is 11.4 Å². The first kappa shape index (κ1) is 15.3. The van der Waals surface area contributed by atoms with Crippen LogP contribution in [0, 0.1) is 5.92 Å². The van der Waals surface area contributed by atoms with Crippen LogP contribution in [0.1, 0.15) is 31.0 Å². The normalized spacial score (nSPS) is 23.9. The van der Waals surface area contributed by atoms with Gasteiger partial charge in [-0.2, -0.15) is 0 Å². The van der Waals surface area contributed by atoms with Crippen molar-refractivity contribution in [2.75, 3.05) is 7.11 Å². The second kappa shape index (κ2) is 6.29. The monoisotopic (exact) mass is 317 g/mol. The molecule has 0 spiro atoms. The highest BCUT2D eigenvalue weighted by molar-refractivity contribution is 7.98. The van der Waals surface area contributed by atoms with E-state index >= 15 is 0 Å². The van der Waals surface area contributed by atoms with Crippen LogP contribution < -0.4 is 4.74 Å². The van der Waals surface area contributed by atoms with E-state index in [1.807, 2.05) is 24.3 Å². The molecule has 0 saturated heterocycles. The molecule has 1 aliphatic rings. The average molecular weight is 317 g/mol. The highest BCUT2D eigenvalue weighted by Gasteiger charge is 2.45. The molecule has 0 aliphatic heterocycles. The summed E-state index contributed by atoms with van der Waals surface area (Å²) in [4.78, 5) is 5.40. The Morgan fingerprint density at radius 2 is 1.95 bits per heavy atom. The predicted molar refractivity (Wildman–Crippen MR) is 88.0 cm³/mol. The molecule has 2 aromatic rings. The summed E-state index contributed by atoms with van der Waals surface area (Å²) in [7, 11) is 1.66. The Kier molecular flexibility index (Phi) is 4.39. The first-order chi connectivity index (χ1) is 10.6. The van der Waals surface area contributed by atoms with E-state index in [4.69, 9.17) is 4.74 Å². The van der Waals surface area contributed by atoms with Gasteiger partial charge in [0.15, 0.2) is 5.67 Å². The lowest BCUT2D eigenvalue weighted by Crippen LogP contribution is -2.36. The predicted octanol–water partition coefficient (Wildman–Crippen LogP) is 4.98. The molecule has 1 fully saturated rings. The smallest absolute Gasteiger partial charge is 0.153 e. The zero-order valence-electron chi connectivity index (χ0n) is 12.9. The number of methoxy groups -OCH3 is 1. The summed E-state index contributed by atoms with van der Waals surface area (Å²) < 4.78 is 19.6. The van der Waals surface area contributed by atoms with Crippen molar-refractivity contribution < 1.29 is 9.13 Å².